The molecule has 1 aliphatic rings. The van der Waals surface area contributed by atoms with Crippen LogP contribution in [0.15, 0.2) is 115 Å². The van der Waals surface area contributed by atoms with E-state index in [0.717, 1.165) is 42.1 Å². The largest absolute Gasteiger partial charge is 0.494 e. The minimum atomic E-state index is -1.33. The van der Waals surface area contributed by atoms with Crippen molar-refractivity contribution < 1.29 is 19.4 Å². The maximum absolute atomic E-state index is 14.3. The van der Waals surface area contributed by atoms with Crippen LogP contribution >= 0.6 is 47.8 Å². The summed E-state index contributed by atoms with van der Waals surface area (Å²) in [6, 6.07) is 31.2. The first-order valence-electron chi connectivity index (χ1n) is 14.3. The molecule has 5 rings (SSSR count). The molecule has 0 saturated heterocycles. The molecule has 4 aromatic rings. The van der Waals surface area contributed by atoms with Crippen molar-refractivity contribution in [3.63, 3.8) is 0 Å². The first-order valence-corrected chi connectivity index (χ1v) is 16.6. The van der Waals surface area contributed by atoms with Gasteiger partial charge in [0.15, 0.2) is 11.6 Å². The first-order chi connectivity index (χ1) is 21.4. The van der Waals surface area contributed by atoms with Gasteiger partial charge in [-0.2, -0.15) is 0 Å². The highest BCUT2D eigenvalue weighted by molar-refractivity contribution is 9.11. The molecular formula is C34H32Br3N3O4. The monoisotopic (exact) mass is 783 g/mol. The molecule has 44 heavy (non-hydrogen) atoms. The van der Waals surface area contributed by atoms with E-state index in [-0.39, 0.29) is 12.5 Å². The third-order valence-corrected chi connectivity index (χ3v) is 9.11. The number of hydrogen-bond donors (Lipinski definition) is 3. The molecule has 228 valence electrons. The lowest BCUT2D eigenvalue weighted by Gasteiger charge is -2.31. The number of aliphatic imine (C=N–C) groups is 1. The number of amides is 1. The van der Waals surface area contributed by atoms with Gasteiger partial charge in [0.1, 0.15) is 5.75 Å². The summed E-state index contributed by atoms with van der Waals surface area (Å²) < 4.78 is 15.1. The highest BCUT2D eigenvalue weighted by Crippen LogP contribution is 2.43. The number of rotatable bonds is 13. The first kappa shape index (κ1) is 32.4. The van der Waals surface area contributed by atoms with Crippen LogP contribution in [0.1, 0.15) is 34.8 Å². The van der Waals surface area contributed by atoms with E-state index in [1.807, 2.05) is 84.9 Å². The number of carbonyl (C=O) groups is 1. The Hall–Kier alpha value is -3.02. The van der Waals surface area contributed by atoms with Gasteiger partial charge in [0.05, 0.1) is 6.61 Å². The molecule has 0 bridgehead atoms. The van der Waals surface area contributed by atoms with Gasteiger partial charge in [-0.3, -0.25) is 10.2 Å². The summed E-state index contributed by atoms with van der Waals surface area (Å²) in [5, 5.41) is 9.06. The number of aliphatic hydroxyl groups excluding tert-OH is 1. The molecule has 1 heterocycles. The zero-order valence-corrected chi connectivity index (χ0v) is 28.6. The van der Waals surface area contributed by atoms with E-state index in [2.05, 4.69) is 70.8 Å². The Morgan fingerprint density at radius 1 is 0.909 bits per heavy atom. The summed E-state index contributed by atoms with van der Waals surface area (Å²) in [5.74, 6) is 0.755. The van der Waals surface area contributed by atoms with Crippen molar-refractivity contribution >= 4 is 59.6 Å². The molecule has 0 aliphatic carbocycles. The van der Waals surface area contributed by atoms with E-state index in [1.54, 1.807) is 0 Å². The van der Waals surface area contributed by atoms with Crippen LogP contribution in [0.3, 0.4) is 0 Å². The number of hydrogen-bond acceptors (Lipinski definition) is 6. The molecule has 0 unspecified atom stereocenters. The highest BCUT2D eigenvalue weighted by atomic mass is 79.9. The van der Waals surface area contributed by atoms with Crippen LogP contribution in [0.2, 0.25) is 0 Å². The van der Waals surface area contributed by atoms with E-state index in [4.69, 9.17) is 19.6 Å². The lowest BCUT2D eigenvalue weighted by atomic mass is 9.82. The van der Waals surface area contributed by atoms with Crippen molar-refractivity contribution in [3.8, 4) is 5.75 Å². The van der Waals surface area contributed by atoms with Crippen molar-refractivity contribution in [2.75, 3.05) is 19.8 Å². The Morgan fingerprint density at radius 3 is 2.27 bits per heavy atom. The molecule has 10 heteroatoms. The summed E-state index contributed by atoms with van der Waals surface area (Å²) in [6.07, 6.45) is 0.877. The number of ether oxygens (including phenoxy) is 2. The number of hydrazine groups is 1. The Morgan fingerprint density at radius 2 is 1.59 bits per heavy atom. The maximum Gasteiger partial charge on any atom is 0.266 e. The predicted octanol–water partition coefficient (Wildman–Crippen LogP) is 7.10. The van der Waals surface area contributed by atoms with E-state index in [9.17, 15) is 4.79 Å². The summed E-state index contributed by atoms with van der Waals surface area (Å²) in [5.41, 5.74) is 8.40. The molecule has 1 amide bonds. The van der Waals surface area contributed by atoms with Gasteiger partial charge < -0.3 is 14.6 Å². The van der Waals surface area contributed by atoms with Gasteiger partial charge >= 0.3 is 0 Å². The van der Waals surface area contributed by atoms with Gasteiger partial charge in [0.2, 0.25) is 5.90 Å². The van der Waals surface area contributed by atoms with E-state index < -0.39 is 11.6 Å². The normalized spacial score (nSPS) is 17.5. The van der Waals surface area contributed by atoms with Crippen molar-refractivity contribution in [2.24, 2.45) is 4.99 Å². The predicted molar refractivity (Wildman–Crippen MR) is 183 cm³/mol. The van der Waals surface area contributed by atoms with Crippen LogP contribution in [-0.2, 0) is 22.4 Å². The minimum Gasteiger partial charge on any atom is -0.494 e. The summed E-state index contributed by atoms with van der Waals surface area (Å²) >= 11 is 10.7. The van der Waals surface area contributed by atoms with Gasteiger partial charge in [-0.25, -0.2) is 10.4 Å². The number of halogens is 3. The molecule has 0 fully saturated rings. The van der Waals surface area contributed by atoms with E-state index in [0.29, 0.717) is 37.6 Å². The number of nitrogens with one attached hydrogen (secondary N) is 2. The summed E-state index contributed by atoms with van der Waals surface area (Å²) in [4.78, 5) is 19.4. The van der Waals surface area contributed by atoms with E-state index in [1.165, 1.54) is 0 Å². The fourth-order valence-corrected chi connectivity index (χ4v) is 5.91. The molecule has 7 nitrogen and oxygen atoms in total. The molecule has 0 radical (unpaired) electrons. The summed E-state index contributed by atoms with van der Waals surface area (Å²) in [6.45, 7) is 1.03. The highest BCUT2D eigenvalue weighted by Gasteiger charge is 2.53. The van der Waals surface area contributed by atoms with Crippen LogP contribution in [-0.4, -0.2) is 42.2 Å². The topological polar surface area (TPSA) is 92.2 Å². The maximum atomic E-state index is 14.3. The lowest BCUT2D eigenvalue weighted by Crippen LogP contribution is -2.54. The Bertz CT molecular complexity index is 1580. The minimum absolute atomic E-state index is 0.0704. The number of benzene rings is 4. The van der Waals surface area contributed by atoms with Crippen molar-refractivity contribution in [1.82, 2.24) is 10.9 Å². The Kier molecular flexibility index (Phi) is 11.3. The molecule has 4 aromatic carbocycles. The molecular weight excluding hydrogens is 754 g/mol. The van der Waals surface area contributed by atoms with Crippen LogP contribution in [0.5, 0.6) is 5.75 Å². The third kappa shape index (κ3) is 7.97. The van der Waals surface area contributed by atoms with Crippen molar-refractivity contribution in [2.45, 2.75) is 30.9 Å². The molecule has 1 aliphatic heterocycles. The van der Waals surface area contributed by atoms with Gasteiger partial charge in [0.25, 0.3) is 5.91 Å². The zero-order valence-electron chi connectivity index (χ0n) is 23.8. The second kappa shape index (κ2) is 15.3. The van der Waals surface area contributed by atoms with Crippen molar-refractivity contribution in [1.29, 1.82) is 0 Å². The quantitative estimate of drug-likeness (QED) is 0.0995. The van der Waals surface area contributed by atoms with Gasteiger partial charge in [-0.15, -0.1) is 0 Å². The van der Waals surface area contributed by atoms with Crippen LogP contribution < -0.4 is 15.6 Å². The molecule has 0 spiro atoms. The Balaban J connectivity index is 1.47. The van der Waals surface area contributed by atoms with Crippen LogP contribution in [0, 0.1) is 0 Å². The number of carbonyl (C=O) groups excluding carboxylic acids is 1. The number of aliphatic hydroxyl groups is 1. The van der Waals surface area contributed by atoms with Gasteiger partial charge in [0, 0.05) is 45.0 Å². The molecule has 3 N–H and O–H groups in total. The second-order valence-electron chi connectivity index (χ2n) is 10.4. The smallest absolute Gasteiger partial charge is 0.266 e. The van der Waals surface area contributed by atoms with E-state index >= 15 is 0 Å². The molecule has 0 aromatic heterocycles. The Labute approximate surface area is 282 Å². The average Bonchev–Trinajstić information content (AvgIpc) is 3.42. The van der Waals surface area contributed by atoms with Crippen molar-refractivity contribution in [3.05, 3.63) is 133 Å². The third-order valence-electron chi connectivity index (χ3n) is 7.27. The van der Waals surface area contributed by atoms with Crippen LogP contribution in [0.25, 0.3) is 0 Å². The molecule has 0 saturated carbocycles. The number of nitrogens with zero attached hydrogens (tertiary/aromatic N) is 1. The SMILES string of the molecule is O=C(NNCCc1ccc(Br)cc1)[C@@]1(Cc2ccccc2Br)N=C(c2ccc(OCCCO)cc2)O[C@H]1c1ccc(Br)cc1. The van der Waals surface area contributed by atoms with Gasteiger partial charge in [-0.1, -0.05) is 90.3 Å². The second-order valence-corrected chi connectivity index (χ2v) is 13.1. The molecule has 2 atom stereocenters. The van der Waals surface area contributed by atoms with Gasteiger partial charge in [-0.05, 0) is 77.7 Å². The average molecular weight is 786 g/mol. The standard InChI is InChI=1S/C34H32Br3N3O4/c35-27-12-6-23(7-13-27)18-19-38-40-33(42)34(22-26-4-1-2-5-30(26)37)31(24-8-14-28(36)15-9-24)44-32(39-34)25-10-16-29(17-11-25)43-21-3-20-41/h1-2,4-17,31,38,41H,3,18-22H2,(H,40,42)/t31-,34-/m0/s1. The van der Waals surface area contributed by atoms with Crippen LogP contribution in [0.4, 0.5) is 0 Å². The lowest BCUT2D eigenvalue weighted by molar-refractivity contribution is -0.130. The summed E-state index contributed by atoms with van der Waals surface area (Å²) in [7, 11) is 0. The fourth-order valence-electron chi connectivity index (χ4n) is 4.96. The zero-order chi connectivity index (χ0) is 30.9. The fraction of sp³-hybridized carbons (Fsp3) is 0.235.